The van der Waals surface area contributed by atoms with Crippen molar-refractivity contribution in [3.05, 3.63) is 23.1 Å². The molecule has 3 aromatic rings. The number of aryl methyl sites for hydroxylation is 1. The molecule has 1 saturated heterocycles. The van der Waals surface area contributed by atoms with Gasteiger partial charge in [0.05, 0.1) is 29.9 Å². The van der Waals surface area contributed by atoms with Gasteiger partial charge in [-0.3, -0.25) is 0 Å². The quantitative estimate of drug-likeness (QED) is 0.507. The SMILES string of the molecule is CC(C)c1nc2sc3c(SCC[NH+]4CCCCC4)ncnc3c2c2c1CCC2. The molecule has 5 rings (SSSR count). The summed E-state index contributed by atoms with van der Waals surface area (Å²) >= 11 is 3.72. The molecule has 2 aliphatic rings. The Balaban J connectivity index is 1.50. The summed E-state index contributed by atoms with van der Waals surface area (Å²) in [5.74, 6) is 1.62. The maximum absolute atomic E-state index is 5.12. The summed E-state index contributed by atoms with van der Waals surface area (Å²) in [6.45, 7) is 8.47. The van der Waals surface area contributed by atoms with E-state index in [0.29, 0.717) is 5.92 Å². The van der Waals surface area contributed by atoms with Crippen molar-refractivity contribution in [3.63, 3.8) is 0 Å². The molecular formula is C22H29N4S2+. The van der Waals surface area contributed by atoms with Gasteiger partial charge in [0, 0.05) is 16.8 Å². The Morgan fingerprint density at radius 3 is 2.71 bits per heavy atom. The molecule has 1 aliphatic carbocycles. The predicted octanol–water partition coefficient (Wildman–Crippen LogP) is 4.01. The first-order valence-electron chi connectivity index (χ1n) is 10.8. The van der Waals surface area contributed by atoms with E-state index in [0.717, 1.165) is 16.3 Å². The van der Waals surface area contributed by atoms with Gasteiger partial charge >= 0.3 is 0 Å². The summed E-state index contributed by atoms with van der Waals surface area (Å²) in [5.41, 5.74) is 5.47. The molecule has 1 aliphatic heterocycles. The van der Waals surface area contributed by atoms with Gasteiger partial charge in [-0.1, -0.05) is 25.6 Å². The average Bonchev–Trinajstić information content (AvgIpc) is 3.32. The van der Waals surface area contributed by atoms with Crippen LogP contribution >= 0.6 is 23.1 Å². The number of hydrogen-bond acceptors (Lipinski definition) is 5. The topological polar surface area (TPSA) is 43.1 Å². The number of nitrogens with one attached hydrogen (secondary N) is 1. The minimum Gasteiger partial charge on any atom is -0.334 e. The number of rotatable bonds is 5. The second kappa shape index (κ2) is 7.88. The number of hydrogen-bond donors (Lipinski definition) is 1. The van der Waals surface area contributed by atoms with E-state index in [-0.39, 0.29) is 0 Å². The van der Waals surface area contributed by atoms with Crippen LogP contribution in [0.2, 0.25) is 0 Å². The Morgan fingerprint density at radius 1 is 1.07 bits per heavy atom. The zero-order chi connectivity index (χ0) is 19.1. The number of thiophene rings is 1. The molecule has 0 atom stereocenters. The molecule has 0 radical (unpaired) electrons. The molecule has 0 aromatic carbocycles. The fraction of sp³-hybridized carbons (Fsp3) is 0.591. The second-order valence-corrected chi connectivity index (χ2v) is 10.6. The van der Waals surface area contributed by atoms with Gasteiger partial charge in [0.2, 0.25) is 0 Å². The number of aromatic nitrogens is 3. The van der Waals surface area contributed by atoms with Crippen LogP contribution in [-0.4, -0.2) is 40.3 Å². The normalized spacial score (nSPS) is 17.8. The molecule has 0 unspecified atom stereocenters. The standard InChI is InChI=1S/C22H28N4S2/c1-14(2)18-16-8-6-7-15(16)17-19-20(28-21(17)25-18)22(24-13-23-19)27-12-11-26-9-4-3-5-10-26/h13-14H,3-12H2,1-2H3/p+1. The lowest BCUT2D eigenvalue weighted by atomic mass is 9.99. The molecule has 4 nitrogen and oxygen atoms in total. The maximum Gasteiger partial charge on any atom is 0.126 e. The van der Waals surface area contributed by atoms with Crippen LogP contribution in [0.25, 0.3) is 20.4 Å². The van der Waals surface area contributed by atoms with E-state index < -0.39 is 0 Å². The van der Waals surface area contributed by atoms with Crippen molar-refractivity contribution in [2.75, 3.05) is 25.4 Å². The molecule has 3 aromatic heterocycles. The van der Waals surface area contributed by atoms with Crippen molar-refractivity contribution in [1.82, 2.24) is 15.0 Å². The highest BCUT2D eigenvalue weighted by Crippen LogP contribution is 2.42. The van der Waals surface area contributed by atoms with Gasteiger partial charge in [-0.15, -0.1) is 11.3 Å². The number of fused-ring (bicyclic) bond motifs is 5. The number of piperidine rings is 1. The number of nitrogens with zero attached hydrogens (tertiary/aromatic N) is 3. The van der Waals surface area contributed by atoms with Crippen LogP contribution in [0.15, 0.2) is 11.4 Å². The third-order valence-electron chi connectivity index (χ3n) is 6.27. The molecule has 4 heterocycles. The lowest BCUT2D eigenvalue weighted by Gasteiger charge is -2.23. The number of thioether (sulfide) groups is 1. The van der Waals surface area contributed by atoms with Crippen molar-refractivity contribution in [2.24, 2.45) is 0 Å². The molecule has 6 heteroatoms. The Morgan fingerprint density at radius 2 is 1.89 bits per heavy atom. The molecule has 1 N–H and O–H groups in total. The third kappa shape index (κ3) is 3.33. The Kier molecular flexibility index (Phi) is 5.28. The number of likely N-dealkylation sites (tertiary alicyclic amines) is 1. The van der Waals surface area contributed by atoms with E-state index in [9.17, 15) is 0 Å². The molecule has 0 saturated carbocycles. The van der Waals surface area contributed by atoms with Crippen LogP contribution in [-0.2, 0) is 12.8 Å². The smallest absolute Gasteiger partial charge is 0.126 e. The van der Waals surface area contributed by atoms with Crippen LogP contribution in [0.1, 0.15) is 62.3 Å². The van der Waals surface area contributed by atoms with Gasteiger partial charge in [0.15, 0.2) is 0 Å². The highest BCUT2D eigenvalue weighted by atomic mass is 32.2. The van der Waals surface area contributed by atoms with Crippen molar-refractivity contribution in [3.8, 4) is 0 Å². The zero-order valence-electron chi connectivity index (χ0n) is 16.9. The monoisotopic (exact) mass is 413 g/mol. The van der Waals surface area contributed by atoms with Crippen molar-refractivity contribution in [1.29, 1.82) is 0 Å². The van der Waals surface area contributed by atoms with E-state index in [1.165, 1.54) is 89.9 Å². The highest BCUT2D eigenvalue weighted by Gasteiger charge is 2.25. The first-order chi connectivity index (χ1) is 13.7. The van der Waals surface area contributed by atoms with Gasteiger partial charge in [-0.25, -0.2) is 15.0 Å². The third-order valence-corrected chi connectivity index (χ3v) is 8.47. The zero-order valence-corrected chi connectivity index (χ0v) is 18.5. The molecular weight excluding hydrogens is 384 g/mol. The van der Waals surface area contributed by atoms with Gasteiger partial charge < -0.3 is 4.90 Å². The van der Waals surface area contributed by atoms with E-state index >= 15 is 0 Å². The van der Waals surface area contributed by atoms with E-state index in [4.69, 9.17) is 9.97 Å². The lowest BCUT2D eigenvalue weighted by molar-refractivity contribution is -0.902. The van der Waals surface area contributed by atoms with Crippen molar-refractivity contribution in [2.45, 2.75) is 63.3 Å². The summed E-state index contributed by atoms with van der Waals surface area (Å²) < 4.78 is 1.25. The van der Waals surface area contributed by atoms with Gasteiger partial charge in [0.1, 0.15) is 16.2 Å². The predicted molar refractivity (Wildman–Crippen MR) is 119 cm³/mol. The number of pyridine rings is 1. The molecule has 0 bridgehead atoms. The molecule has 28 heavy (non-hydrogen) atoms. The van der Waals surface area contributed by atoms with E-state index in [2.05, 4.69) is 18.8 Å². The van der Waals surface area contributed by atoms with Crippen molar-refractivity contribution < 1.29 is 4.90 Å². The minimum atomic E-state index is 0.480. The van der Waals surface area contributed by atoms with Crippen LogP contribution in [0, 0.1) is 0 Å². The summed E-state index contributed by atoms with van der Waals surface area (Å²) in [4.78, 5) is 17.4. The first-order valence-corrected chi connectivity index (χ1v) is 12.6. The largest absolute Gasteiger partial charge is 0.334 e. The van der Waals surface area contributed by atoms with Crippen LogP contribution in [0.3, 0.4) is 0 Å². The molecule has 148 valence electrons. The first kappa shape index (κ1) is 18.8. The van der Waals surface area contributed by atoms with Crippen LogP contribution < -0.4 is 4.90 Å². The Hall–Kier alpha value is -1.24. The van der Waals surface area contributed by atoms with Gasteiger partial charge in [-0.05, 0) is 55.6 Å². The Labute approximate surface area is 175 Å². The number of quaternary nitrogens is 1. The summed E-state index contributed by atoms with van der Waals surface area (Å²) in [5, 5.41) is 2.48. The summed E-state index contributed by atoms with van der Waals surface area (Å²) in [6.07, 6.45) is 9.56. The second-order valence-electron chi connectivity index (χ2n) is 8.51. The van der Waals surface area contributed by atoms with Crippen LogP contribution in [0.4, 0.5) is 0 Å². The summed E-state index contributed by atoms with van der Waals surface area (Å²) in [6, 6.07) is 0. The maximum atomic E-state index is 5.12. The molecule has 1 fully saturated rings. The lowest BCUT2D eigenvalue weighted by Crippen LogP contribution is -3.13. The Bertz CT molecular complexity index is 1000. The van der Waals surface area contributed by atoms with Gasteiger partial charge in [0.25, 0.3) is 0 Å². The fourth-order valence-electron chi connectivity index (χ4n) is 4.88. The van der Waals surface area contributed by atoms with Crippen LogP contribution in [0.5, 0.6) is 0 Å². The van der Waals surface area contributed by atoms with E-state index in [1.807, 2.05) is 23.1 Å². The fourth-order valence-corrected chi connectivity index (χ4v) is 7.17. The average molecular weight is 414 g/mol. The molecule has 0 spiro atoms. The summed E-state index contributed by atoms with van der Waals surface area (Å²) in [7, 11) is 0. The van der Waals surface area contributed by atoms with E-state index in [1.54, 1.807) is 11.2 Å². The van der Waals surface area contributed by atoms with Crippen molar-refractivity contribution >= 4 is 43.5 Å². The van der Waals surface area contributed by atoms with Gasteiger partial charge in [-0.2, -0.15) is 0 Å². The highest BCUT2D eigenvalue weighted by molar-refractivity contribution is 7.99. The molecule has 0 amide bonds. The minimum absolute atomic E-state index is 0.480.